The number of halogens is 3. The first-order chi connectivity index (χ1) is 17.2. The van der Waals surface area contributed by atoms with Crippen LogP contribution in [0.5, 0.6) is 0 Å². The Hall–Kier alpha value is -3.24. The standard InChI is InChI=1S/C26H26F3N3O3S/c27-26(28,29)23(33)17-36-12-6-11-22(25(35)32-24(34)14-18-7-2-1-3-8-18)31-16-19-13-20-9-4-5-10-21(20)30-15-19/h1-5,7-10,13,15,22,31H,6,11-12,14,16-17H2,(H,32,34,35)/t22-/m0/s1. The molecule has 0 saturated carbocycles. The predicted molar refractivity (Wildman–Crippen MR) is 133 cm³/mol. The number of nitrogens with zero attached hydrogens (tertiary/aromatic N) is 1. The molecule has 0 saturated heterocycles. The fourth-order valence-electron chi connectivity index (χ4n) is 3.47. The van der Waals surface area contributed by atoms with E-state index in [0.29, 0.717) is 13.0 Å². The number of nitrogens with one attached hydrogen (secondary N) is 2. The Kier molecular flexibility index (Phi) is 10.0. The molecule has 1 aromatic heterocycles. The summed E-state index contributed by atoms with van der Waals surface area (Å²) in [6.45, 7) is 0.308. The summed E-state index contributed by atoms with van der Waals surface area (Å²) in [6, 6.07) is 17.8. The minimum Gasteiger partial charge on any atom is -0.302 e. The smallest absolute Gasteiger partial charge is 0.302 e. The van der Waals surface area contributed by atoms with Crippen molar-refractivity contribution in [3.63, 3.8) is 0 Å². The lowest BCUT2D eigenvalue weighted by Gasteiger charge is -2.18. The van der Waals surface area contributed by atoms with Crippen LogP contribution in [0.3, 0.4) is 0 Å². The molecule has 0 spiro atoms. The third kappa shape index (κ3) is 8.76. The van der Waals surface area contributed by atoms with Gasteiger partial charge in [0.1, 0.15) is 0 Å². The molecular weight excluding hydrogens is 491 g/mol. The number of carbonyl (C=O) groups excluding carboxylic acids is 3. The predicted octanol–water partition coefficient (Wildman–Crippen LogP) is 4.22. The van der Waals surface area contributed by atoms with Gasteiger partial charge >= 0.3 is 6.18 Å². The van der Waals surface area contributed by atoms with Gasteiger partial charge in [-0.1, -0.05) is 48.5 Å². The molecule has 0 aliphatic heterocycles. The van der Waals surface area contributed by atoms with Crippen molar-refractivity contribution in [3.05, 3.63) is 78.0 Å². The molecule has 3 rings (SSSR count). The van der Waals surface area contributed by atoms with Crippen LogP contribution in [0.1, 0.15) is 24.0 Å². The van der Waals surface area contributed by atoms with Crippen LogP contribution in [0, 0.1) is 0 Å². The number of ketones is 1. The Morgan fingerprint density at radius 2 is 1.69 bits per heavy atom. The highest BCUT2D eigenvalue weighted by Crippen LogP contribution is 2.19. The molecule has 1 heterocycles. The van der Waals surface area contributed by atoms with Crippen molar-refractivity contribution in [2.24, 2.45) is 0 Å². The lowest BCUT2D eigenvalue weighted by Crippen LogP contribution is -2.46. The van der Waals surface area contributed by atoms with Gasteiger partial charge in [0.2, 0.25) is 17.6 Å². The molecule has 1 atom stereocenters. The Morgan fingerprint density at radius 1 is 0.972 bits per heavy atom. The third-order valence-corrected chi connectivity index (χ3v) is 6.36. The molecule has 2 aromatic carbocycles. The van der Waals surface area contributed by atoms with Crippen LogP contribution in [-0.4, -0.2) is 46.3 Å². The van der Waals surface area contributed by atoms with Crippen molar-refractivity contribution in [2.45, 2.75) is 38.0 Å². The normalized spacial score (nSPS) is 12.3. The molecule has 0 radical (unpaired) electrons. The van der Waals surface area contributed by atoms with Crippen molar-refractivity contribution in [3.8, 4) is 0 Å². The van der Waals surface area contributed by atoms with Gasteiger partial charge in [-0.15, -0.1) is 0 Å². The summed E-state index contributed by atoms with van der Waals surface area (Å²) < 4.78 is 37.1. The number of pyridine rings is 1. The molecule has 190 valence electrons. The van der Waals surface area contributed by atoms with Crippen LogP contribution < -0.4 is 10.6 Å². The molecule has 36 heavy (non-hydrogen) atoms. The maximum Gasteiger partial charge on any atom is 0.450 e. The lowest BCUT2D eigenvalue weighted by molar-refractivity contribution is -0.167. The Bertz CT molecular complexity index is 1190. The van der Waals surface area contributed by atoms with E-state index in [0.717, 1.165) is 33.8 Å². The number of carbonyl (C=O) groups is 3. The van der Waals surface area contributed by atoms with Crippen LogP contribution in [0.25, 0.3) is 10.9 Å². The maximum atomic E-state index is 12.9. The minimum atomic E-state index is -4.84. The van der Waals surface area contributed by atoms with Crippen LogP contribution >= 0.6 is 11.8 Å². The monoisotopic (exact) mass is 517 g/mol. The average molecular weight is 518 g/mol. The van der Waals surface area contributed by atoms with Crippen LogP contribution in [0.2, 0.25) is 0 Å². The van der Waals surface area contributed by atoms with Crippen molar-refractivity contribution < 1.29 is 27.6 Å². The SMILES string of the molecule is O=C(Cc1ccccc1)NC(=O)[C@H](CCCSCC(=O)C(F)(F)F)NCc1cnc2ccccc2c1. The Balaban J connectivity index is 1.57. The van der Waals surface area contributed by atoms with Crippen molar-refractivity contribution >= 4 is 40.3 Å². The number of para-hydroxylation sites is 1. The number of hydrogen-bond donors (Lipinski definition) is 2. The molecule has 3 aromatic rings. The summed E-state index contributed by atoms with van der Waals surface area (Å²) in [5, 5.41) is 6.49. The van der Waals surface area contributed by atoms with Crippen LogP contribution in [-0.2, 0) is 27.3 Å². The highest BCUT2D eigenvalue weighted by molar-refractivity contribution is 7.99. The van der Waals surface area contributed by atoms with Gasteiger partial charge in [0.05, 0.1) is 23.7 Å². The number of thioether (sulfide) groups is 1. The van der Waals surface area contributed by atoms with Crippen molar-refractivity contribution in [2.75, 3.05) is 11.5 Å². The van der Waals surface area contributed by atoms with Gasteiger partial charge in [0, 0.05) is 18.1 Å². The first kappa shape index (κ1) is 27.3. The van der Waals surface area contributed by atoms with E-state index in [-0.39, 0.29) is 18.6 Å². The molecule has 6 nitrogen and oxygen atoms in total. The quantitative estimate of drug-likeness (QED) is 0.350. The largest absolute Gasteiger partial charge is 0.450 e. The zero-order valence-corrected chi connectivity index (χ0v) is 20.2. The van der Waals surface area contributed by atoms with E-state index in [1.165, 1.54) is 0 Å². The summed E-state index contributed by atoms with van der Waals surface area (Å²) in [5.41, 5.74) is 2.44. The molecule has 0 aliphatic carbocycles. The second kappa shape index (κ2) is 13.2. The van der Waals surface area contributed by atoms with Crippen molar-refractivity contribution in [1.29, 1.82) is 0 Å². The minimum absolute atomic E-state index is 0.0449. The van der Waals surface area contributed by atoms with Crippen LogP contribution in [0.4, 0.5) is 13.2 Å². The first-order valence-corrected chi connectivity index (χ1v) is 12.5. The van der Waals surface area contributed by atoms with E-state index in [1.54, 1.807) is 30.5 Å². The lowest BCUT2D eigenvalue weighted by atomic mass is 10.1. The van der Waals surface area contributed by atoms with Crippen molar-refractivity contribution in [1.82, 2.24) is 15.6 Å². The topological polar surface area (TPSA) is 88.2 Å². The zero-order valence-electron chi connectivity index (χ0n) is 19.4. The molecule has 2 amide bonds. The van der Waals surface area contributed by atoms with Gasteiger partial charge in [0.15, 0.2) is 0 Å². The maximum absolute atomic E-state index is 12.9. The number of hydrogen-bond acceptors (Lipinski definition) is 6. The van der Waals surface area contributed by atoms with Gasteiger partial charge in [0.25, 0.3) is 0 Å². The second-order valence-electron chi connectivity index (χ2n) is 8.16. The summed E-state index contributed by atoms with van der Waals surface area (Å²) in [6.07, 6.45) is -2.45. The molecule has 2 N–H and O–H groups in total. The van der Waals surface area contributed by atoms with Gasteiger partial charge in [-0.25, -0.2) is 0 Å². The number of Topliss-reactive ketones (excluding diaryl/α,β-unsaturated/α-hetero) is 1. The Morgan fingerprint density at radius 3 is 2.44 bits per heavy atom. The number of aromatic nitrogens is 1. The van der Waals surface area contributed by atoms with E-state index in [4.69, 9.17) is 0 Å². The molecule has 0 aliphatic rings. The van der Waals surface area contributed by atoms with E-state index in [9.17, 15) is 27.6 Å². The number of amides is 2. The third-order valence-electron chi connectivity index (χ3n) is 5.32. The van der Waals surface area contributed by atoms with E-state index < -0.39 is 35.6 Å². The van der Waals surface area contributed by atoms with Gasteiger partial charge in [-0.2, -0.15) is 24.9 Å². The number of rotatable bonds is 12. The fraction of sp³-hybridized carbons (Fsp3) is 0.308. The first-order valence-electron chi connectivity index (χ1n) is 11.3. The highest BCUT2D eigenvalue weighted by Gasteiger charge is 2.37. The molecule has 0 bridgehead atoms. The summed E-state index contributed by atoms with van der Waals surface area (Å²) in [7, 11) is 0. The Labute approximate surface area is 211 Å². The molecule has 0 fully saturated rings. The van der Waals surface area contributed by atoms with E-state index >= 15 is 0 Å². The van der Waals surface area contributed by atoms with Gasteiger partial charge < -0.3 is 5.32 Å². The average Bonchev–Trinajstić information content (AvgIpc) is 2.85. The number of benzene rings is 2. The number of fused-ring (bicyclic) bond motifs is 1. The molecular formula is C26H26F3N3O3S. The highest BCUT2D eigenvalue weighted by atomic mass is 32.2. The summed E-state index contributed by atoms with van der Waals surface area (Å²) >= 11 is 0.868. The number of imide groups is 1. The van der Waals surface area contributed by atoms with Gasteiger partial charge in [-0.05, 0) is 41.9 Å². The zero-order chi connectivity index (χ0) is 26.0. The molecule has 10 heteroatoms. The summed E-state index contributed by atoms with van der Waals surface area (Å²) in [4.78, 5) is 40.7. The van der Waals surface area contributed by atoms with Gasteiger partial charge in [-0.3, -0.25) is 24.7 Å². The number of alkyl halides is 3. The summed E-state index contributed by atoms with van der Waals surface area (Å²) in [5.74, 6) is -3.14. The second-order valence-corrected chi connectivity index (χ2v) is 9.27. The fourth-order valence-corrected chi connectivity index (χ4v) is 4.33. The molecule has 0 unspecified atom stereocenters. The van der Waals surface area contributed by atoms with E-state index in [2.05, 4.69) is 15.6 Å². The van der Waals surface area contributed by atoms with Crippen LogP contribution in [0.15, 0.2) is 66.9 Å². The van der Waals surface area contributed by atoms with E-state index in [1.807, 2.05) is 36.4 Å².